The Kier molecular flexibility index (Phi) is 21.4. The summed E-state index contributed by atoms with van der Waals surface area (Å²) in [6.45, 7) is 56.8. The minimum Gasteiger partial charge on any atom is -0.297 e. The van der Waals surface area contributed by atoms with E-state index in [1.54, 1.807) is 0 Å². The topological polar surface area (TPSA) is 62.4 Å². The highest BCUT2D eigenvalue weighted by Gasteiger charge is 2.45. The number of amidine groups is 4. The first kappa shape index (κ1) is 69.0. The van der Waals surface area contributed by atoms with E-state index in [4.69, 9.17) is 20.0 Å². The molecule has 0 saturated heterocycles. The molecule has 4 aromatic carbocycles. The van der Waals surface area contributed by atoms with Crippen molar-refractivity contribution in [2.24, 2.45) is 20.0 Å². The van der Waals surface area contributed by atoms with E-state index in [9.17, 15) is 0 Å². The fourth-order valence-corrected chi connectivity index (χ4v) is 37.1. The summed E-state index contributed by atoms with van der Waals surface area (Å²) in [5.41, 5.74) is 30.1. The molecule has 0 fully saturated rings. The Balaban J connectivity index is 1.26. The van der Waals surface area contributed by atoms with Crippen molar-refractivity contribution >= 4 is 78.4 Å². The van der Waals surface area contributed by atoms with E-state index < -0.39 is 32.3 Å². The number of hydrogen-bond donors (Lipinski definition) is 0. The highest BCUT2D eigenvalue weighted by molar-refractivity contribution is 6.92. The second-order valence-corrected chi connectivity index (χ2v) is 51.6. The average Bonchev–Trinajstić information content (AvgIpc) is 1.59. The Morgan fingerprint density at radius 1 is 0.233 bits per heavy atom. The summed E-state index contributed by atoms with van der Waals surface area (Å²) >= 11 is 0. The number of anilines is 4. The van der Waals surface area contributed by atoms with Gasteiger partial charge in [-0.05, 0) is 164 Å². The number of benzene rings is 4. The zero-order valence-electron chi connectivity index (χ0n) is 59.1. The summed E-state index contributed by atoms with van der Waals surface area (Å²) in [6.07, 6.45) is 8.32. The summed E-state index contributed by atoms with van der Waals surface area (Å²) in [5, 5.41) is 0. The molecule has 0 atom stereocenters. The third-order valence-electron chi connectivity index (χ3n) is 20.8. The van der Waals surface area contributed by atoms with Crippen LogP contribution in [0, 0.1) is 45.9 Å². The third-order valence-corrected chi connectivity index (χ3v) is 46.0. The number of aliphatic imine (C=N–C) groups is 4. The van der Waals surface area contributed by atoms with Crippen molar-refractivity contribution in [3.05, 3.63) is 156 Å². The van der Waals surface area contributed by atoms with Crippen molar-refractivity contribution in [3.8, 4) is 45.9 Å². The maximum absolute atomic E-state index is 5.42. The van der Waals surface area contributed by atoms with Gasteiger partial charge in [-0.15, -0.1) is 22.2 Å². The van der Waals surface area contributed by atoms with Crippen LogP contribution in [-0.2, 0) is 0 Å². The molecular formula is C78H104N8Si4. The molecule has 8 rings (SSSR count). The molecule has 0 saturated carbocycles. The van der Waals surface area contributed by atoms with E-state index in [1.165, 1.54) is 0 Å². The SMILES string of the molecule is CC(C)[Si](C#Cc1ccc(N2C=CN(c3ccc(C#C[Si](C(C)C)(C(C)C)C(C)C)cc3)C3=NC(=C4N=C5C(=N4)N(c4ccc(C#C[Si](C(C)C)(C(C)C)C(C)C)cc4)C=CN5c4ccc(C#C[Si](C(C)C)(C(C)C)C(C)C)cc4)N=C32)cc1)(C(C)C)C(C)C. The van der Waals surface area contributed by atoms with Gasteiger partial charge < -0.3 is 0 Å². The van der Waals surface area contributed by atoms with Gasteiger partial charge in [-0.3, -0.25) is 19.6 Å². The molecule has 0 radical (unpaired) electrons. The number of hydrogen-bond acceptors (Lipinski definition) is 8. The van der Waals surface area contributed by atoms with Gasteiger partial charge in [-0.25, -0.2) is 20.0 Å². The second-order valence-electron chi connectivity index (χ2n) is 29.2. The predicted molar refractivity (Wildman–Crippen MR) is 402 cm³/mol. The molecule has 0 aliphatic carbocycles. The van der Waals surface area contributed by atoms with Gasteiger partial charge in [0.1, 0.15) is 32.3 Å². The van der Waals surface area contributed by atoms with Gasteiger partial charge in [0, 0.05) is 69.8 Å². The van der Waals surface area contributed by atoms with Gasteiger partial charge >= 0.3 is 0 Å². The number of fused-ring (bicyclic) bond motifs is 2. The molecule has 0 bridgehead atoms. The number of rotatable bonds is 16. The third kappa shape index (κ3) is 13.1. The lowest BCUT2D eigenvalue weighted by Gasteiger charge is -2.38. The second kappa shape index (κ2) is 27.9. The Morgan fingerprint density at radius 3 is 0.511 bits per heavy atom. The predicted octanol–water partition coefficient (Wildman–Crippen LogP) is 21.0. The molecule has 0 N–H and O–H groups in total. The summed E-state index contributed by atoms with van der Waals surface area (Å²) in [6, 6.07) is 34.4. The summed E-state index contributed by atoms with van der Waals surface area (Å²) < 4.78 is 0. The first-order valence-electron chi connectivity index (χ1n) is 33.6. The summed E-state index contributed by atoms with van der Waals surface area (Å²) in [7, 11) is -7.76. The smallest absolute Gasteiger partial charge is 0.202 e. The minimum absolute atomic E-state index is 0.421. The van der Waals surface area contributed by atoms with Crippen molar-refractivity contribution in [1.82, 2.24) is 0 Å². The monoisotopic (exact) mass is 1260 g/mol. The van der Waals surface area contributed by atoms with Crippen molar-refractivity contribution in [2.45, 2.75) is 233 Å². The van der Waals surface area contributed by atoms with Crippen LogP contribution < -0.4 is 19.6 Å². The van der Waals surface area contributed by atoms with Crippen LogP contribution in [0.1, 0.15) is 188 Å². The molecule has 12 heteroatoms. The molecule has 0 amide bonds. The fraction of sp³-hybridized carbons (Fsp3) is 0.462. The van der Waals surface area contributed by atoms with Crippen LogP contribution in [0.2, 0.25) is 66.5 Å². The summed E-state index contributed by atoms with van der Waals surface area (Å²) in [4.78, 5) is 30.1. The lowest BCUT2D eigenvalue weighted by atomic mass is 10.1. The average molecular weight is 1270 g/mol. The normalized spacial score (nSPS) is 15.3. The first-order chi connectivity index (χ1) is 42.5. The van der Waals surface area contributed by atoms with E-state index in [0.717, 1.165) is 45.0 Å². The van der Waals surface area contributed by atoms with Crippen molar-refractivity contribution in [2.75, 3.05) is 19.6 Å². The van der Waals surface area contributed by atoms with Crippen LogP contribution in [0.15, 0.2) is 153 Å². The van der Waals surface area contributed by atoms with Crippen LogP contribution in [-0.4, -0.2) is 55.6 Å². The van der Waals surface area contributed by atoms with Crippen LogP contribution in [0.4, 0.5) is 22.7 Å². The Hall–Kier alpha value is -6.91. The molecule has 4 aromatic rings. The molecule has 4 aliphatic rings. The van der Waals surface area contributed by atoms with E-state index in [-0.39, 0.29) is 0 Å². The van der Waals surface area contributed by atoms with E-state index in [1.807, 2.05) is 0 Å². The zero-order chi connectivity index (χ0) is 65.9. The van der Waals surface area contributed by atoms with E-state index in [2.05, 4.69) is 353 Å². The van der Waals surface area contributed by atoms with Crippen molar-refractivity contribution in [1.29, 1.82) is 0 Å². The lowest BCUT2D eigenvalue weighted by molar-refractivity contribution is 0.838. The molecule has 0 aromatic heterocycles. The van der Waals surface area contributed by atoms with Gasteiger partial charge in [0.2, 0.25) is 11.6 Å². The largest absolute Gasteiger partial charge is 0.297 e. The van der Waals surface area contributed by atoms with Crippen LogP contribution in [0.5, 0.6) is 0 Å². The van der Waals surface area contributed by atoms with Gasteiger partial charge in [0.05, 0.1) is 0 Å². The highest BCUT2D eigenvalue weighted by atomic mass is 28.3. The van der Waals surface area contributed by atoms with Gasteiger partial charge in [0.25, 0.3) is 0 Å². The molecule has 0 unspecified atom stereocenters. The fourth-order valence-electron chi connectivity index (χ4n) is 16.2. The Labute approximate surface area is 548 Å². The molecular weight excluding hydrogens is 1160 g/mol. The highest BCUT2D eigenvalue weighted by Crippen LogP contribution is 2.45. The first-order valence-corrected chi connectivity index (χ1v) is 42.6. The van der Waals surface area contributed by atoms with Gasteiger partial charge in [-0.1, -0.05) is 190 Å². The minimum atomic E-state index is -1.94. The van der Waals surface area contributed by atoms with E-state index in [0.29, 0.717) is 101 Å². The molecule has 4 heterocycles. The number of nitrogens with zero attached hydrogens (tertiary/aromatic N) is 8. The maximum atomic E-state index is 5.42. The zero-order valence-corrected chi connectivity index (χ0v) is 63.1. The standard InChI is InChI=1S/C78H104N8Si4/c1-53(2)87(54(3)4,55(5)6)49-41-65-25-33-69(34-26-65)83-45-46-84(70-35-27-66(28-36-70)42-50-88(56(7)8,57(9)10)58(11)12)76-75(83)79-73(80-76)74-81-77-78(82-74)86(72-39-31-68(32-40-72)44-52-90(62(19)20,63(21)22)64(23)24)48-47-85(77)71-37-29-67(30-38-71)43-51-89(59(13)14,60(15)16)61(17)18/h25-40,45-48,53-64H,1-24H3. The van der Waals surface area contributed by atoms with Gasteiger partial charge in [-0.2, -0.15) is 0 Å². The molecule has 90 heavy (non-hydrogen) atoms. The van der Waals surface area contributed by atoms with Crippen LogP contribution in [0.3, 0.4) is 0 Å². The Morgan fingerprint density at radius 2 is 0.378 bits per heavy atom. The molecule has 0 spiro atoms. The molecule has 4 aliphatic heterocycles. The quantitative estimate of drug-likeness (QED) is 0.0828. The van der Waals surface area contributed by atoms with Gasteiger partial charge in [0.15, 0.2) is 23.3 Å². The summed E-state index contributed by atoms with van der Waals surface area (Å²) in [5.74, 6) is 18.2. The van der Waals surface area contributed by atoms with Crippen molar-refractivity contribution in [3.63, 3.8) is 0 Å². The molecule has 472 valence electrons. The molecule has 8 nitrogen and oxygen atoms in total. The van der Waals surface area contributed by atoms with E-state index >= 15 is 0 Å². The van der Waals surface area contributed by atoms with Crippen molar-refractivity contribution < 1.29 is 0 Å². The maximum Gasteiger partial charge on any atom is 0.202 e. The van der Waals surface area contributed by atoms with Crippen LogP contribution in [0.25, 0.3) is 0 Å². The van der Waals surface area contributed by atoms with Crippen LogP contribution >= 0.6 is 0 Å². The lowest BCUT2D eigenvalue weighted by Crippen LogP contribution is -2.44. The Bertz CT molecular complexity index is 3170.